The van der Waals surface area contributed by atoms with Gasteiger partial charge in [0.2, 0.25) is 0 Å². The number of nitro groups is 1. The predicted octanol–water partition coefficient (Wildman–Crippen LogP) is 1.37. The number of amides is 1. The van der Waals surface area contributed by atoms with Gasteiger partial charge in [0.1, 0.15) is 5.56 Å². The number of rotatable bonds is 3. The van der Waals surface area contributed by atoms with Crippen molar-refractivity contribution in [3.63, 3.8) is 0 Å². The molecule has 1 amide bonds. The zero-order chi connectivity index (χ0) is 15.6. The molecule has 2 N–H and O–H groups in total. The lowest BCUT2D eigenvalue weighted by Gasteiger charge is -2.30. The molecule has 0 saturated carbocycles. The Kier molecular flexibility index (Phi) is 4.37. The minimum absolute atomic E-state index is 0.0153. The van der Waals surface area contributed by atoms with Crippen LogP contribution in [0, 0.1) is 15.9 Å². The van der Waals surface area contributed by atoms with Crippen LogP contribution in [0.25, 0.3) is 0 Å². The fourth-order valence-electron chi connectivity index (χ4n) is 2.39. The minimum atomic E-state index is -0.792. The van der Waals surface area contributed by atoms with Crippen molar-refractivity contribution in [2.24, 2.45) is 0 Å². The van der Waals surface area contributed by atoms with Crippen LogP contribution in [0.15, 0.2) is 12.1 Å². The number of nitrogens with zero attached hydrogens (tertiary/aromatic N) is 2. The van der Waals surface area contributed by atoms with E-state index in [1.807, 2.05) is 0 Å². The zero-order valence-corrected chi connectivity index (χ0v) is 11.5. The number of anilines is 1. The highest BCUT2D eigenvalue weighted by Crippen LogP contribution is 2.28. The fourth-order valence-corrected chi connectivity index (χ4v) is 2.39. The Morgan fingerprint density at radius 2 is 2.29 bits per heavy atom. The van der Waals surface area contributed by atoms with Gasteiger partial charge < -0.3 is 15.3 Å². The van der Waals surface area contributed by atoms with Crippen molar-refractivity contribution in [2.45, 2.75) is 18.9 Å². The molecule has 0 spiro atoms. The van der Waals surface area contributed by atoms with Crippen molar-refractivity contribution < 1.29 is 19.2 Å². The molecule has 2 rings (SSSR count). The summed E-state index contributed by atoms with van der Waals surface area (Å²) in [6.07, 6.45) is 0.587. The maximum absolute atomic E-state index is 13.6. The first-order valence-corrected chi connectivity index (χ1v) is 6.57. The van der Waals surface area contributed by atoms with Gasteiger partial charge in [0.05, 0.1) is 22.8 Å². The van der Waals surface area contributed by atoms with Crippen molar-refractivity contribution in [1.29, 1.82) is 0 Å². The van der Waals surface area contributed by atoms with Gasteiger partial charge in [0.25, 0.3) is 11.6 Å². The fraction of sp³-hybridized carbons (Fsp3) is 0.462. The van der Waals surface area contributed by atoms with E-state index in [4.69, 9.17) is 0 Å². The topological polar surface area (TPSA) is 95.7 Å². The van der Waals surface area contributed by atoms with Crippen LogP contribution in [0.1, 0.15) is 23.2 Å². The zero-order valence-electron chi connectivity index (χ0n) is 11.5. The highest BCUT2D eigenvalue weighted by molar-refractivity contribution is 5.99. The molecule has 21 heavy (non-hydrogen) atoms. The molecule has 8 heteroatoms. The van der Waals surface area contributed by atoms with E-state index in [9.17, 15) is 24.4 Å². The molecule has 1 aliphatic rings. The first-order valence-electron chi connectivity index (χ1n) is 6.57. The van der Waals surface area contributed by atoms with Crippen LogP contribution in [-0.2, 0) is 0 Å². The molecule has 7 nitrogen and oxygen atoms in total. The number of hydrogen-bond acceptors (Lipinski definition) is 5. The Morgan fingerprint density at radius 1 is 1.57 bits per heavy atom. The van der Waals surface area contributed by atoms with Gasteiger partial charge in [-0.25, -0.2) is 4.39 Å². The second-order valence-electron chi connectivity index (χ2n) is 4.90. The van der Waals surface area contributed by atoms with Crippen molar-refractivity contribution in [3.8, 4) is 0 Å². The van der Waals surface area contributed by atoms with Gasteiger partial charge in [-0.1, -0.05) is 0 Å². The summed E-state index contributed by atoms with van der Waals surface area (Å²) in [7, 11) is 1.46. The first kappa shape index (κ1) is 15.2. The summed E-state index contributed by atoms with van der Waals surface area (Å²) in [5.41, 5.74) is -0.738. The van der Waals surface area contributed by atoms with Crippen LogP contribution in [0.2, 0.25) is 0 Å². The number of aliphatic hydroxyl groups is 1. The Hall–Kier alpha value is -2.22. The van der Waals surface area contributed by atoms with E-state index in [0.29, 0.717) is 19.4 Å². The number of benzene rings is 1. The Balaban J connectivity index is 2.40. The van der Waals surface area contributed by atoms with Crippen molar-refractivity contribution in [1.82, 2.24) is 4.90 Å². The van der Waals surface area contributed by atoms with Crippen LogP contribution < -0.4 is 5.32 Å². The molecule has 0 bridgehead atoms. The highest BCUT2D eigenvalue weighted by Gasteiger charge is 2.29. The molecule has 1 aliphatic heterocycles. The summed E-state index contributed by atoms with van der Waals surface area (Å²) in [6.45, 7) is 0.543. The van der Waals surface area contributed by atoms with E-state index < -0.39 is 28.4 Å². The highest BCUT2D eigenvalue weighted by atomic mass is 19.1. The Bertz CT molecular complexity index is 579. The van der Waals surface area contributed by atoms with Gasteiger partial charge in [0.15, 0.2) is 5.82 Å². The van der Waals surface area contributed by atoms with Gasteiger partial charge in [-0.15, -0.1) is 0 Å². The molecule has 1 heterocycles. The smallest absolute Gasteiger partial charge is 0.285 e. The SMILES string of the molecule is CNc1cc(C(=O)N2CCCC(O)C2)c([N+](=O)[O-])cc1F. The summed E-state index contributed by atoms with van der Waals surface area (Å²) in [4.78, 5) is 24.0. The normalized spacial score (nSPS) is 18.4. The Labute approximate surface area is 120 Å². The average Bonchev–Trinajstić information content (AvgIpc) is 2.46. The standard InChI is InChI=1S/C13H16FN3O4/c1-15-11-5-9(12(17(20)21)6-10(11)14)13(19)16-4-2-3-8(18)7-16/h5-6,8,15,18H,2-4,7H2,1H3. The maximum Gasteiger partial charge on any atom is 0.285 e. The van der Waals surface area contributed by atoms with Crippen LogP contribution in [0.5, 0.6) is 0 Å². The van der Waals surface area contributed by atoms with Gasteiger partial charge in [-0.3, -0.25) is 14.9 Å². The van der Waals surface area contributed by atoms with E-state index in [1.54, 1.807) is 0 Å². The summed E-state index contributed by atoms with van der Waals surface area (Å²) in [6, 6.07) is 1.87. The number of β-amino-alcohol motifs (C(OH)–C–C–N with tert-alkyl or cyclic N) is 1. The van der Waals surface area contributed by atoms with E-state index in [-0.39, 0.29) is 17.8 Å². The van der Waals surface area contributed by atoms with Crippen molar-refractivity contribution in [2.75, 3.05) is 25.5 Å². The third kappa shape index (κ3) is 3.10. The minimum Gasteiger partial charge on any atom is -0.391 e. The average molecular weight is 297 g/mol. The van der Waals surface area contributed by atoms with Crippen LogP contribution >= 0.6 is 0 Å². The van der Waals surface area contributed by atoms with E-state index in [2.05, 4.69) is 5.32 Å². The lowest BCUT2D eigenvalue weighted by molar-refractivity contribution is -0.385. The molecule has 1 unspecified atom stereocenters. The third-order valence-corrected chi connectivity index (χ3v) is 3.47. The predicted molar refractivity (Wildman–Crippen MR) is 73.7 cm³/mol. The second-order valence-corrected chi connectivity index (χ2v) is 4.90. The van der Waals surface area contributed by atoms with E-state index >= 15 is 0 Å². The van der Waals surface area contributed by atoms with E-state index in [1.165, 1.54) is 11.9 Å². The number of likely N-dealkylation sites (tertiary alicyclic amines) is 1. The van der Waals surface area contributed by atoms with Gasteiger partial charge in [0, 0.05) is 20.1 Å². The number of piperidine rings is 1. The number of nitrogens with one attached hydrogen (secondary N) is 1. The summed E-state index contributed by atoms with van der Waals surface area (Å²) >= 11 is 0. The molecule has 1 aromatic rings. The number of aliphatic hydroxyl groups excluding tert-OH is 1. The monoisotopic (exact) mass is 297 g/mol. The third-order valence-electron chi connectivity index (χ3n) is 3.47. The maximum atomic E-state index is 13.6. The van der Waals surface area contributed by atoms with E-state index in [0.717, 1.165) is 12.1 Å². The lowest BCUT2D eigenvalue weighted by Crippen LogP contribution is -2.42. The van der Waals surface area contributed by atoms with Crippen LogP contribution in [0.3, 0.4) is 0 Å². The lowest BCUT2D eigenvalue weighted by atomic mass is 10.1. The van der Waals surface area contributed by atoms with Gasteiger partial charge in [-0.2, -0.15) is 0 Å². The number of halogens is 1. The largest absolute Gasteiger partial charge is 0.391 e. The Morgan fingerprint density at radius 3 is 2.86 bits per heavy atom. The molecule has 114 valence electrons. The quantitative estimate of drug-likeness (QED) is 0.649. The second kappa shape index (κ2) is 6.04. The molecule has 1 saturated heterocycles. The van der Waals surface area contributed by atoms with Gasteiger partial charge >= 0.3 is 0 Å². The van der Waals surface area contributed by atoms with Crippen molar-refractivity contribution >= 4 is 17.3 Å². The molecule has 1 atom stereocenters. The molecular weight excluding hydrogens is 281 g/mol. The number of hydrogen-bond donors (Lipinski definition) is 2. The molecule has 0 radical (unpaired) electrons. The summed E-state index contributed by atoms with van der Waals surface area (Å²) in [5, 5.41) is 23.2. The number of nitro benzene ring substituents is 1. The molecule has 1 aromatic carbocycles. The summed E-state index contributed by atoms with van der Waals surface area (Å²) in [5.74, 6) is -1.36. The molecule has 0 aromatic heterocycles. The molecule has 1 fully saturated rings. The van der Waals surface area contributed by atoms with Gasteiger partial charge in [-0.05, 0) is 18.9 Å². The number of carbonyl (C=O) groups is 1. The number of carbonyl (C=O) groups excluding carboxylic acids is 1. The molecular formula is C13H16FN3O4. The van der Waals surface area contributed by atoms with Crippen LogP contribution in [-0.4, -0.2) is 47.1 Å². The van der Waals surface area contributed by atoms with Crippen molar-refractivity contribution in [3.05, 3.63) is 33.6 Å². The first-order chi connectivity index (χ1) is 9.93. The van der Waals surface area contributed by atoms with Crippen LogP contribution in [0.4, 0.5) is 15.8 Å². The molecule has 0 aliphatic carbocycles. The summed E-state index contributed by atoms with van der Waals surface area (Å²) < 4.78 is 13.6.